The molecule has 0 aromatic carbocycles. The quantitative estimate of drug-likeness (QED) is 0.187. The van der Waals surface area contributed by atoms with E-state index in [1.165, 1.54) is 0 Å². The van der Waals surface area contributed by atoms with Gasteiger partial charge in [0.05, 0.1) is 12.8 Å². The predicted molar refractivity (Wildman–Crippen MR) is 79.9 cm³/mol. The molecule has 0 bridgehead atoms. The van der Waals surface area contributed by atoms with Crippen LogP contribution >= 0.6 is 0 Å². The van der Waals surface area contributed by atoms with Crippen LogP contribution < -0.4 is 17.2 Å². The maximum Gasteiger partial charge on any atom is 0.331 e. The second-order valence-corrected chi connectivity index (χ2v) is 5.09. The maximum absolute atomic E-state index is 11.5. The van der Waals surface area contributed by atoms with Gasteiger partial charge >= 0.3 is 35.8 Å². The lowest BCUT2D eigenvalue weighted by molar-refractivity contribution is -0.163. The van der Waals surface area contributed by atoms with Crippen LogP contribution in [0.25, 0.3) is 0 Å². The smallest absolute Gasteiger partial charge is 0.331 e. The van der Waals surface area contributed by atoms with E-state index in [1.54, 1.807) is 0 Å². The van der Waals surface area contributed by atoms with E-state index in [2.05, 4.69) is 9.47 Å². The first kappa shape index (κ1) is 23.1. The van der Waals surface area contributed by atoms with E-state index in [9.17, 15) is 28.8 Å². The second-order valence-electron chi connectivity index (χ2n) is 5.09. The number of hydrogen-bond donors (Lipinski definition) is 5. The number of aliphatic carboxylic acids is 2. The molecule has 0 radical (unpaired) electrons. The van der Waals surface area contributed by atoms with Crippen LogP contribution in [0.5, 0.6) is 0 Å². The largest absolute Gasteiger partial charge is 0.481 e. The summed E-state index contributed by atoms with van der Waals surface area (Å²) in [5.74, 6) is -7.67. The van der Waals surface area contributed by atoms with Crippen molar-refractivity contribution in [2.45, 2.75) is 43.8 Å². The van der Waals surface area contributed by atoms with Gasteiger partial charge in [0.25, 0.3) is 0 Å². The van der Waals surface area contributed by atoms with Crippen LogP contribution in [0.1, 0.15) is 25.7 Å². The highest BCUT2D eigenvalue weighted by Gasteiger charge is 2.26. The van der Waals surface area contributed by atoms with Gasteiger partial charge in [-0.3, -0.25) is 14.4 Å². The summed E-state index contributed by atoms with van der Waals surface area (Å²) >= 11 is 0. The molecule has 0 spiro atoms. The molecule has 0 fully saturated rings. The van der Waals surface area contributed by atoms with Crippen molar-refractivity contribution in [3.8, 4) is 0 Å². The highest BCUT2D eigenvalue weighted by atomic mass is 16.6. The molecule has 146 valence electrons. The standard InChI is InChI=1S/C13H19N3O10/c14-5(11(22)26-13(24)7(16)4-9(19)20)1-2-10(21)25-12(23)6(15)3-8(17)18/h5-7H,1-4,14-16H2,(H,17,18)(H,19,20)/t5-,6-,7-/m0/s1. The van der Waals surface area contributed by atoms with Crippen molar-refractivity contribution in [1.29, 1.82) is 0 Å². The first-order chi connectivity index (χ1) is 11.9. The first-order valence-electron chi connectivity index (χ1n) is 7.14. The Hall–Kier alpha value is -2.90. The molecule has 0 rings (SSSR count). The third kappa shape index (κ3) is 9.41. The van der Waals surface area contributed by atoms with Crippen LogP contribution in [-0.4, -0.2) is 64.2 Å². The summed E-state index contributed by atoms with van der Waals surface area (Å²) < 4.78 is 8.55. The zero-order chi connectivity index (χ0) is 20.4. The number of carboxylic acid groups (broad SMARTS) is 2. The molecule has 0 aliphatic carbocycles. The molecule has 0 saturated carbocycles. The van der Waals surface area contributed by atoms with Gasteiger partial charge in [-0.1, -0.05) is 0 Å². The van der Waals surface area contributed by atoms with E-state index in [4.69, 9.17) is 27.4 Å². The Balaban J connectivity index is 4.32. The molecule has 3 atom stereocenters. The molecule has 0 aromatic rings. The van der Waals surface area contributed by atoms with Gasteiger partial charge in [0.2, 0.25) is 0 Å². The molecule has 0 aromatic heterocycles. The minimum atomic E-state index is -1.57. The Bertz CT molecular complexity index is 591. The zero-order valence-electron chi connectivity index (χ0n) is 13.5. The topological polar surface area (TPSA) is 239 Å². The molecule has 0 aliphatic rings. The third-order valence-electron chi connectivity index (χ3n) is 2.77. The van der Waals surface area contributed by atoms with Crippen molar-refractivity contribution in [2.75, 3.05) is 0 Å². The van der Waals surface area contributed by atoms with Gasteiger partial charge in [-0.05, 0) is 6.42 Å². The van der Waals surface area contributed by atoms with Gasteiger partial charge in [0.15, 0.2) is 0 Å². The molecule has 13 heteroatoms. The van der Waals surface area contributed by atoms with Crippen LogP contribution in [0, 0.1) is 0 Å². The minimum absolute atomic E-state index is 0.374. The van der Waals surface area contributed by atoms with Crippen LogP contribution in [0.2, 0.25) is 0 Å². The molecule has 0 aliphatic heterocycles. The van der Waals surface area contributed by atoms with Gasteiger partial charge in [0, 0.05) is 6.42 Å². The molecule has 0 unspecified atom stereocenters. The molecular formula is C13H19N3O10. The van der Waals surface area contributed by atoms with Gasteiger partial charge in [-0.2, -0.15) is 0 Å². The summed E-state index contributed by atoms with van der Waals surface area (Å²) in [5.41, 5.74) is 15.8. The maximum atomic E-state index is 11.5. The molecule has 13 nitrogen and oxygen atoms in total. The van der Waals surface area contributed by atoms with Crippen molar-refractivity contribution >= 4 is 35.8 Å². The fourth-order valence-electron chi connectivity index (χ4n) is 1.42. The van der Waals surface area contributed by atoms with Gasteiger partial charge < -0.3 is 36.9 Å². The summed E-state index contributed by atoms with van der Waals surface area (Å²) in [6.07, 6.45) is -2.40. The summed E-state index contributed by atoms with van der Waals surface area (Å²) in [7, 11) is 0. The van der Waals surface area contributed by atoms with E-state index in [0.717, 1.165) is 0 Å². The fraction of sp³-hybridized carbons (Fsp3) is 0.538. The van der Waals surface area contributed by atoms with E-state index in [0.29, 0.717) is 0 Å². The van der Waals surface area contributed by atoms with Crippen LogP contribution in [0.4, 0.5) is 0 Å². The SMILES string of the molecule is N[C@@H](CC(=O)O)C(=O)OC(=O)CC[C@H](N)C(=O)OC(=O)[C@@H](N)CC(=O)O. The summed E-state index contributed by atoms with van der Waals surface area (Å²) in [6.45, 7) is 0. The van der Waals surface area contributed by atoms with Crippen molar-refractivity contribution in [1.82, 2.24) is 0 Å². The lowest BCUT2D eigenvalue weighted by Gasteiger charge is -2.12. The number of rotatable bonds is 10. The van der Waals surface area contributed by atoms with Crippen molar-refractivity contribution in [2.24, 2.45) is 17.2 Å². The highest BCUT2D eigenvalue weighted by molar-refractivity contribution is 5.93. The average molecular weight is 377 g/mol. The summed E-state index contributed by atoms with van der Waals surface area (Å²) in [5, 5.41) is 16.9. The fourth-order valence-corrected chi connectivity index (χ4v) is 1.42. The Morgan fingerprint density at radius 2 is 1.08 bits per heavy atom. The lowest BCUT2D eigenvalue weighted by atomic mass is 10.1. The zero-order valence-corrected chi connectivity index (χ0v) is 13.5. The molecular weight excluding hydrogens is 358 g/mol. The molecule has 0 saturated heterocycles. The van der Waals surface area contributed by atoms with E-state index in [-0.39, 0.29) is 6.42 Å². The molecule has 0 amide bonds. The number of carbonyl (C=O) groups excluding carboxylic acids is 4. The highest BCUT2D eigenvalue weighted by Crippen LogP contribution is 2.03. The third-order valence-corrected chi connectivity index (χ3v) is 2.77. The van der Waals surface area contributed by atoms with E-state index in [1.807, 2.05) is 0 Å². The van der Waals surface area contributed by atoms with Gasteiger partial charge in [-0.15, -0.1) is 0 Å². The van der Waals surface area contributed by atoms with Gasteiger partial charge in [-0.25, -0.2) is 14.4 Å². The monoisotopic (exact) mass is 377 g/mol. The minimum Gasteiger partial charge on any atom is -0.481 e. The Kier molecular flexibility index (Phi) is 9.65. The number of ether oxygens (including phenoxy) is 2. The van der Waals surface area contributed by atoms with Gasteiger partial charge in [0.1, 0.15) is 18.1 Å². The number of hydrogen-bond acceptors (Lipinski definition) is 11. The van der Waals surface area contributed by atoms with Crippen molar-refractivity contribution < 1.29 is 48.5 Å². The van der Waals surface area contributed by atoms with Crippen LogP contribution in [0.3, 0.4) is 0 Å². The van der Waals surface area contributed by atoms with Crippen LogP contribution in [-0.2, 0) is 38.2 Å². The molecule has 8 N–H and O–H groups in total. The Morgan fingerprint density at radius 1 is 0.692 bits per heavy atom. The van der Waals surface area contributed by atoms with E-state index >= 15 is 0 Å². The molecule has 0 heterocycles. The summed E-state index contributed by atoms with van der Waals surface area (Å²) in [6, 6.07) is -4.56. The van der Waals surface area contributed by atoms with Crippen molar-refractivity contribution in [3.05, 3.63) is 0 Å². The number of carbonyl (C=O) groups is 6. The molecule has 26 heavy (non-hydrogen) atoms. The number of carboxylic acids is 2. The number of nitrogens with two attached hydrogens (primary N) is 3. The average Bonchev–Trinajstić information content (AvgIpc) is 2.50. The normalized spacial score (nSPS) is 13.8. The summed E-state index contributed by atoms with van der Waals surface area (Å²) in [4.78, 5) is 66.4. The number of esters is 4. The Labute approximate surface area is 146 Å². The lowest BCUT2D eigenvalue weighted by Crippen LogP contribution is -2.41. The second kappa shape index (κ2) is 10.9. The first-order valence-corrected chi connectivity index (χ1v) is 7.14. The van der Waals surface area contributed by atoms with Crippen LogP contribution in [0.15, 0.2) is 0 Å². The van der Waals surface area contributed by atoms with E-state index < -0.39 is 73.2 Å². The van der Waals surface area contributed by atoms with Crippen molar-refractivity contribution in [3.63, 3.8) is 0 Å². The Morgan fingerprint density at radius 3 is 1.50 bits per heavy atom. The predicted octanol–water partition coefficient (Wildman–Crippen LogP) is -3.16.